The van der Waals surface area contributed by atoms with Crippen molar-refractivity contribution in [2.45, 2.75) is 17.3 Å². The van der Waals surface area contributed by atoms with Crippen molar-refractivity contribution in [2.24, 2.45) is 11.8 Å². The van der Waals surface area contributed by atoms with Crippen molar-refractivity contribution >= 4 is 51.6 Å². The fourth-order valence-electron chi connectivity index (χ4n) is 1.67. The van der Waals surface area contributed by atoms with Gasteiger partial charge in [0, 0.05) is 10.3 Å². The fraction of sp³-hybridized carbons (Fsp3) is 0.545. The Hall–Kier alpha value is 0.210. The lowest BCUT2D eigenvalue weighted by molar-refractivity contribution is -0.141. The zero-order valence-electron chi connectivity index (χ0n) is 9.15. The van der Waals surface area contributed by atoms with Crippen molar-refractivity contribution in [2.75, 3.05) is 7.11 Å². The van der Waals surface area contributed by atoms with Crippen molar-refractivity contribution in [3.8, 4) is 0 Å². The molecule has 0 N–H and O–H groups in total. The first-order chi connectivity index (χ1) is 7.58. The number of esters is 1. The van der Waals surface area contributed by atoms with Crippen LogP contribution in [0.4, 0.5) is 0 Å². The van der Waals surface area contributed by atoms with E-state index >= 15 is 0 Å². The van der Waals surface area contributed by atoms with E-state index in [1.165, 1.54) is 7.11 Å². The van der Waals surface area contributed by atoms with Gasteiger partial charge in [-0.15, -0.1) is 0 Å². The summed E-state index contributed by atoms with van der Waals surface area (Å²) >= 11 is 4.24. The molecule has 1 rings (SSSR count). The zero-order chi connectivity index (χ0) is 12.1. The number of ether oxygens (including phenoxy) is 1. The smallest absolute Gasteiger partial charge is 0.305 e. The molecule has 3 nitrogen and oxygen atoms in total. The van der Waals surface area contributed by atoms with Crippen LogP contribution in [0.3, 0.4) is 0 Å². The Bertz CT molecular complexity index is 312. The quantitative estimate of drug-likeness (QED) is 0.376. The maximum Gasteiger partial charge on any atom is 0.305 e. The Labute approximate surface area is 123 Å². The molecule has 0 aromatic rings. The van der Waals surface area contributed by atoms with E-state index in [-0.39, 0.29) is 11.9 Å². The van der Waals surface area contributed by atoms with Crippen LogP contribution in [-0.2, 0) is 12.6 Å². The van der Waals surface area contributed by atoms with Crippen LogP contribution >= 0.6 is 45.6 Å². The number of carbonyl (C=O) groups excluding carboxylic acids is 1. The van der Waals surface area contributed by atoms with Gasteiger partial charge in [0.15, 0.2) is 23.0 Å². The number of hydrogen-bond donors (Lipinski definition) is 0. The SMILES string of the molecule is COC(=O)CC(C)[C@H]1C=CC(OI)=CC1I. The third kappa shape index (κ3) is 3.90. The molecule has 0 heterocycles. The number of halogens is 2. The summed E-state index contributed by atoms with van der Waals surface area (Å²) in [6.07, 6.45) is 6.60. The van der Waals surface area contributed by atoms with Gasteiger partial charge in [-0.2, -0.15) is 0 Å². The van der Waals surface area contributed by atoms with E-state index in [0.29, 0.717) is 16.3 Å². The van der Waals surface area contributed by atoms with Crippen molar-refractivity contribution in [3.63, 3.8) is 0 Å². The van der Waals surface area contributed by atoms with Crippen molar-refractivity contribution < 1.29 is 12.6 Å². The summed E-state index contributed by atoms with van der Waals surface area (Å²) in [7, 11) is 1.43. The number of rotatable bonds is 4. The first kappa shape index (κ1) is 14.3. The minimum absolute atomic E-state index is 0.149. The summed E-state index contributed by atoms with van der Waals surface area (Å²) in [5.41, 5.74) is 0. The zero-order valence-corrected chi connectivity index (χ0v) is 13.5. The monoisotopic (exact) mass is 448 g/mol. The van der Waals surface area contributed by atoms with Crippen LogP contribution < -0.4 is 0 Å². The van der Waals surface area contributed by atoms with Gasteiger partial charge in [-0.1, -0.05) is 35.6 Å². The highest BCUT2D eigenvalue weighted by Gasteiger charge is 2.26. The van der Waals surface area contributed by atoms with Crippen molar-refractivity contribution in [1.82, 2.24) is 0 Å². The normalized spacial score (nSPS) is 25.9. The highest BCUT2D eigenvalue weighted by molar-refractivity contribution is 14.1. The molecule has 0 fully saturated rings. The predicted molar refractivity (Wildman–Crippen MR) is 79.4 cm³/mol. The van der Waals surface area contributed by atoms with E-state index in [1.807, 2.05) is 29.1 Å². The molecule has 0 bridgehead atoms. The third-order valence-corrected chi connectivity index (χ3v) is 4.33. The van der Waals surface area contributed by atoms with Crippen LogP contribution in [0.15, 0.2) is 24.0 Å². The molecule has 1 aliphatic rings. The van der Waals surface area contributed by atoms with E-state index in [9.17, 15) is 4.79 Å². The van der Waals surface area contributed by atoms with Crippen molar-refractivity contribution in [3.05, 3.63) is 24.0 Å². The van der Waals surface area contributed by atoms with E-state index in [1.54, 1.807) is 0 Å². The number of hydrogen-bond acceptors (Lipinski definition) is 3. The molecule has 0 spiro atoms. The van der Waals surface area contributed by atoms with Crippen LogP contribution in [0.2, 0.25) is 0 Å². The standard InChI is InChI=1S/C11H14I2O3/c1-7(5-11(14)15-2)9-4-3-8(16-13)6-10(9)12/h3-4,6-7,9-10H,5H2,1-2H3/t7?,9-,10?/m1/s1. The average Bonchev–Trinajstić information content (AvgIpc) is 2.28. The second-order valence-corrected chi connectivity index (χ2v) is 5.66. The molecule has 1 aliphatic carbocycles. The molecule has 0 saturated carbocycles. The Balaban J connectivity index is 2.60. The summed E-state index contributed by atoms with van der Waals surface area (Å²) in [5.74, 6) is 1.36. The highest BCUT2D eigenvalue weighted by atomic mass is 127. The van der Waals surface area contributed by atoms with Gasteiger partial charge >= 0.3 is 5.97 Å². The summed E-state index contributed by atoms with van der Waals surface area (Å²) in [5, 5.41) is 0. The van der Waals surface area contributed by atoms with E-state index in [2.05, 4.69) is 46.4 Å². The summed E-state index contributed by atoms with van der Waals surface area (Å²) in [6, 6.07) is 0. The number of allylic oxidation sites excluding steroid dienone is 3. The minimum atomic E-state index is -0.149. The lowest BCUT2D eigenvalue weighted by Crippen LogP contribution is -2.23. The minimum Gasteiger partial charge on any atom is -0.469 e. The Kier molecular flexibility index (Phi) is 6.09. The van der Waals surface area contributed by atoms with E-state index in [0.717, 1.165) is 5.76 Å². The van der Waals surface area contributed by atoms with Gasteiger partial charge in [0.2, 0.25) is 0 Å². The molecule has 0 amide bonds. The Morgan fingerprint density at radius 3 is 2.81 bits per heavy atom. The highest BCUT2D eigenvalue weighted by Crippen LogP contribution is 2.32. The number of carbonyl (C=O) groups is 1. The molecule has 0 aromatic heterocycles. The summed E-state index contributed by atoms with van der Waals surface area (Å²) in [4.78, 5) is 11.2. The van der Waals surface area contributed by atoms with Gasteiger partial charge < -0.3 is 7.80 Å². The van der Waals surface area contributed by atoms with E-state index in [4.69, 9.17) is 3.07 Å². The molecular formula is C11H14I2O3. The number of methoxy groups -OCH3 is 1. The summed E-state index contributed by atoms with van der Waals surface area (Å²) in [6.45, 7) is 2.07. The lowest BCUT2D eigenvalue weighted by Gasteiger charge is -2.26. The van der Waals surface area contributed by atoms with Crippen molar-refractivity contribution in [1.29, 1.82) is 0 Å². The Morgan fingerprint density at radius 2 is 2.31 bits per heavy atom. The summed E-state index contributed by atoms with van der Waals surface area (Å²) < 4.78 is 10.2. The molecule has 16 heavy (non-hydrogen) atoms. The maximum atomic E-state index is 11.2. The van der Waals surface area contributed by atoms with Crippen LogP contribution in [-0.4, -0.2) is 17.0 Å². The molecule has 0 radical (unpaired) electrons. The third-order valence-electron chi connectivity index (χ3n) is 2.64. The predicted octanol–water partition coefficient (Wildman–Crippen LogP) is 3.43. The molecule has 0 aromatic carbocycles. The van der Waals surface area contributed by atoms with E-state index < -0.39 is 0 Å². The van der Waals surface area contributed by atoms with Gasteiger partial charge in [0.25, 0.3) is 0 Å². The lowest BCUT2D eigenvalue weighted by atomic mass is 9.86. The van der Waals surface area contributed by atoms with Gasteiger partial charge in [-0.25, -0.2) is 0 Å². The first-order valence-corrected chi connectivity index (χ1v) is 7.10. The second-order valence-electron chi connectivity index (χ2n) is 3.78. The first-order valence-electron chi connectivity index (χ1n) is 4.98. The second kappa shape index (κ2) is 6.83. The van der Waals surface area contributed by atoms with Crippen LogP contribution in [0.5, 0.6) is 0 Å². The maximum absolute atomic E-state index is 11.2. The molecule has 3 atom stereocenters. The van der Waals surface area contributed by atoms with Gasteiger partial charge in [0.1, 0.15) is 5.76 Å². The molecule has 5 heteroatoms. The molecule has 0 saturated heterocycles. The molecule has 0 aliphatic heterocycles. The van der Waals surface area contributed by atoms with Crippen LogP contribution in [0, 0.1) is 11.8 Å². The topological polar surface area (TPSA) is 35.5 Å². The largest absolute Gasteiger partial charge is 0.469 e. The van der Waals surface area contributed by atoms with Crippen LogP contribution in [0.25, 0.3) is 0 Å². The van der Waals surface area contributed by atoms with Gasteiger partial charge in [-0.3, -0.25) is 4.79 Å². The van der Waals surface area contributed by atoms with Gasteiger partial charge in [-0.05, 0) is 24.0 Å². The van der Waals surface area contributed by atoms with Crippen LogP contribution in [0.1, 0.15) is 13.3 Å². The molecular weight excluding hydrogens is 434 g/mol. The Morgan fingerprint density at radius 1 is 1.62 bits per heavy atom. The fourth-order valence-corrected chi connectivity index (χ4v) is 3.27. The average molecular weight is 448 g/mol. The number of alkyl halides is 1. The van der Waals surface area contributed by atoms with Gasteiger partial charge in [0.05, 0.1) is 7.11 Å². The molecule has 2 unspecified atom stereocenters. The molecule has 90 valence electrons.